The number of benzene rings is 2. The van der Waals surface area contributed by atoms with Gasteiger partial charge in [0.05, 0.1) is 0 Å². The average molecular weight is 381 g/mol. The second-order valence-corrected chi connectivity index (χ2v) is 6.75. The molecule has 0 radical (unpaired) electrons. The molecule has 4 nitrogen and oxygen atoms in total. The second-order valence-electron chi connectivity index (χ2n) is 5.84. The van der Waals surface area contributed by atoms with Gasteiger partial charge in [-0.05, 0) is 35.7 Å². The van der Waals surface area contributed by atoms with Crippen molar-refractivity contribution in [1.29, 1.82) is 0 Å². The number of hydrogen-bond acceptors (Lipinski definition) is 4. The lowest BCUT2D eigenvalue weighted by Gasteiger charge is -2.29. The van der Waals surface area contributed by atoms with Crippen LogP contribution in [0.1, 0.15) is 11.1 Å². The molecule has 1 aliphatic rings. The molecular formula is C19H17BrN4. The predicted molar refractivity (Wildman–Crippen MR) is 101 cm³/mol. The van der Waals surface area contributed by atoms with Crippen molar-refractivity contribution in [3.63, 3.8) is 0 Å². The molecule has 2 aromatic carbocycles. The van der Waals surface area contributed by atoms with Crippen molar-refractivity contribution in [3.8, 4) is 0 Å². The fourth-order valence-corrected chi connectivity index (χ4v) is 3.39. The molecule has 0 aliphatic carbocycles. The van der Waals surface area contributed by atoms with E-state index in [0.29, 0.717) is 0 Å². The Balaban J connectivity index is 1.55. The quantitative estimate of drug-likeness (QED) is 0.723. The maximum atomic E-state index is 4.46. The molecule has 3 aromatic rings. The first-order chi connectivity index (χ1) is 11.8. The van der Waals surface area contributed by atoms with Gasteiger partial charge in [-0.3, -0.25) is 0 Å². The number of nitrogens with zero attached hydrogens (tertiary/aromatic N) is 3. The summed E-state index contributed by atoms with van der Waals surface area (Å²) in [5.41, 5.74) is 3.82. The molecule has 5 heteroatoms. The first kappa shape index (κ1) is 15.1. The first-order valence-corrected chi connectivity index (χ1v) is 8.73. The molecular weight excluding hydrogens is 364 g/mol. The van der Waals surface area contributed by atoms with Crippen molar-refractivity contribution in [3.05, 3.63) is 76.5 Å². The summed E-state index contributed by atoms with van der Waals surface area (Å²) >= 11 is 3.49. The van der Waals surface area contributed by atoms with Crippen molar-refractivity contribution in [2.24, 2.45) is 0 Å². The lowest BCUT2D eigenvalue weighted by Crippen LogP contribution is -2.31. The molecule has 4 rings (SSSR count). The van der Waals surface area contributed by atoms with Gasteiger partial charge >= 0.3 is 0 Å². The minimum absolute atomic E-state index is 0.803. The molecule has 0 atom stereocenters. The Morgan fingerprint density at radius 2 is 1.83 bits per heavy atom. The Kier molecular flexibility index (Phi) is 4.17. The van der Waals surface area contributed by atoms with Gasteiger partial charge in [0.15, 0.2) is 0 Å². The highest BCUT2D eigenvalue weighted by atomic mass is 79.9. The largest absolute Gasteiger partial charge is 0.352 e. The standard InChI is InChI=1S/C19H17BrN4/c20-16-6-3-7-17(10-16)23-18-11-19(22-13-21-18)24-9-8-14-4-1-2-5-15(14)12-24/h1-7,10-11,13H,8-9,12H2,(H,21,22,23). The number of nitrogens with one attached hydrogen (secondary N) is 1. The SMILES string of the molecule is Brc1cccc(Nc2cc(N3CCc4ccccc4C3)ncn2)c1. The summed E-state index contributed by atoms with van der Waals surface area (Å²) in [5, 5.41) is 3.34. The third-order valence-electron chi connectivity index (χ3n) is 4.20. The number of anilines is 3. The molecule has 1 N–H and O–H groups in total. The van der Waals surface area contributed by atoms with Gasteiger partial charge in [0.1, 0.15) is 18.0 Å². The minimum Gasteiger partial charge on any atom is -0.352 e. The number of hydrogen-bond donors (Lipinski definition) is 1. The van der Waals surface area contributed by atoms with Gasteiger partial charge < -0.3 is 10.2 Å². The van der Waals surface area contributed by atoms with Crippen LogP contribution in [-0.4, -0.2) is 16.5 Å². The summed E-state index contributed by atoms with van der Waals surface area (Å²) in [6.45, 7) is 1.87. The molecule has 120 valence electrons. The zero-order chi connectivity index (χ0) is 16.4. The Labute approximate surface area is 149 Å². The molecule has 0 unspecified atom stereocenters. The summed E-state index contributed by atoms with van der Waals surface area (Å²) in [6.07, 6.45) is 2.67. The molecule has 0 amide bonds. The molecule has 1 aromatic heterocycles. The van der Waals surface area contributed by atoms with E-state index in [-0.39, 0.29) is 0 Å². The fraction of sp³-hybridized carbons (Fsp3) is 0.158. The normalized spacial score (nSPS) is 13.5. The average Bonchev–Trinajstić information content (AvgIpc) is 2.61. The molecule has 24 heavy (non-hydrogen) atoms. The first-order valence-electron chi connectivity index (χ1n) is 7.94. The van der Waals surface area contributed by atoms with E-state index < -0.39 is 0 Å². The van der Waals surface area contributed by atoms with E-state index in [4.69, 9.17) is 0 Å². The molecule has 0 bridgehead atoms. The second kappa shape index (κ2) is 6.61. The van der Waals surface area contributed by atoms with E-state index in [1.165, 1.54) is 11.1 Å². The van der Waals surface area contributed by atoms with E-state index in [2.05, 4.69) is 60.4 Å². The number of halogens is 1. The van der Waals surface area contributed by atoms with Crippen LogP contribution in [0.5, 0.6) is 0 Å². The lowest BCUT2D eigenvalue weighted by molar-refractivity contribution is 0.719. The minimum atomic E-state index is 0.803. The van der Waals surface area contributed by atoms with Gasteiger partial charge in [-0.2, -0.15) is 0 Å². The van der Waals surface area contributed by atoms with Crippen LogP contribution in [0.15, 0.2) is 65.4 Å². The monoisotopic (exact) mass is 380 g/mol. The molecule has 0 saturated heterocycles. The van der Waals surface area contributed by atoms with E-state index in [0.717, 1.165) is 41.3 Å². The predicted octanol–water partition coefficient (Wildman–Crippen LogP) is 4.55. The molecule has 0 fully saturated rings. The van der Waals surface area contributed by atoms with Gasteiger partial charge in [0.2, 0.25) is 0 Å². The molecule has 1 aliphatic heterocycles. The van der Waals surface area contributed by atoms with Gasteiger partial charge in [0.25, 0.3) is 0 Å². The number of fused-ring (bicyclic) bond motifs is 1. The van der Waals surface area contributed by atoms with Crippen LogP contribution in [0, 0.1) is 0 Å². The Morgan fingerprint density at radius 3 is 2.71 bits per heavy atom. The van der Waals surface area contributed by atoms with Crippen molar-refractivity contribution in [2.75, 3.05) is 16.8 Å². The van der Waals surface area contributed by atoms with Crippen molar-refractivity contribution in [1.82, 2.24) is 9.97 Å². The molecule has 0 spiro atoms. The van der Waals surface area contributed by atoms with E-state index >= 15 is 0 Å². The van der Waals surface area contributed by atoms with Crippen molar-refractivity contribution in [2.45, 2.75) is 13.0 Å². The van der Waals surface area contributed by atoms with E-state index in [1.807, 2.05) is 30.3 Å². The van der Waals surface area contributed by atoms with Crippen LogP contribution < -0.4 is 10.2 Å². The van der Waals surface area contributed by atoms with Crippen molar-refractivity contribution >= 4 is 33.3 Å². The Morgan fingerprint density at radius 1 is 0.958 bits per heavy atom. The van der Waals surface area contributed by atoms with Crippen LogP contribution in [0.25, 0.3) is 0 Å². The summed E-state index contributed by atoms with van der Waals surface area (Å²) in [7, 11) is 0. The highest BCUT2D eigenvalue weighted by Crippen LogP contribution is 2.25. The zero-order valence-electron chi connectivity index (χ0n) is 13.1. The number of aromatic nitrogens is 2. The summed E-state index contributed by atoms with van der Waals surface area (Å²) < 4.78 is 1.04. The van der Waals surface area contributed by atoms with Crippen LogP contribution in [0.2, 0.25) is 0 Å². The number of rotatable bonds is 3. The maximum absolute atomic E-state index is 4.46. The van der Waals surface area contributed by atoms with Crippen LogP contribution in [-0.2, 0) is 13.0 Å². The Hall–Kier alpha value is -2.40. The molecule has 0 saturated carbocycles. The maximum Gasteiger partial charge on any atom is 0.135 e. The Bertz CT molecular complexity index is 865. The summed E-state index contributed by atoms with van der Waals surface area (Å²) in [4.78, 5) is 11.1. The highest BCUT2D eigenvalue weighted by Gasteiger charge is 2.17. The molecule has 2 heterocycles. The fourth-order valence-electron chi connectivity index (χ4n) is 2.99. The van der Waals surface area contributed by atoms with Gasteiger partial charge in [-0.15, -0.1) is 0 Å². The summed E-state index contributed by atoms with van der Waals surface area (Å²) in [5.74, 6) is 1.76. The van der Waals surface area contributed by atoms with Crippen LogP contribution in [0.3, 0.4) is 0 Å². The smallest absolute Gasteiger partial charge is 0.135 e. The summed E-state index contributed by atoms with van der Waals surface area (Å²) in [6, 6.07) is 18.7. The topological polar surface area (TPSA) is 41.0 Å². The van der Waals surface area contributed by atoms with Gasteiger partial charge in [-0.1, -0.05) is 46.3 Å². The van der Waals surface area contributed by atoms with Crippen LogP contribution in [0.4, 0.5) is 17.3 Å². The lowest BCUT2D eigenvalue weighted by atomic mass is 10.00. The van der Waals surface area contributed by atoms with E-state index in [1.54, 1.807) is 6.33 Å². The van der Waals surface area contributed by atoms with Gasteiger partial charge in [-0.25, -0.2) is 9.97 Å². The van der Waals surface area contributed by atoms with E-state index in [9.17, 15) is 0 Å². The van der Waals surface area contributed by atoms with Gasteiger partial charge in [0, 0.05) is 29.3 Å². The third-order valence-corrected chi connectivity index (χ3v) is 4.70. The zero-order valence-corrected chi connectivity index (χ0v) is 14.7. The van der Waals surface area contributed by atoms with Crippen molar-refractivity contribution < 1.29 is 0 Å². The third kappa shape index (κ3) is 3.26. The highest BCUT2D eigenvalue weighted by molar-refractivity contribution is 9.10. The van der Waals surface area contributed by atoms with Crippen LogP contribution >= 0.6 is 15.9 Å².